The largest absolute Gasteiger partial charge is 0.497 e. The number of ether oxygens (including phenoxy) is 5. The number of ketones is 1. The zero-order chi connectivity index (χ0) is 26.1. The van der Waals surface area contributed by atoms with E-state index in [1.165, 1.54) is 6.08 Å². The molecule has 0 aliphatic carbocycles. The highest BCUT2D eigenvalue weighted by Gasteiger charge is 2.13. The van der Waals surface area contributed by atoms with Crippen molar-refractivity contribution >= 4 is 39.6 Å². The van der Waals surface area contributed by atoms with Crippen molar-refractivity contribution in [3.05, 3.63) is 82.0 Å². The van der Waals surface area contributed by atoms with Crippen LogP contribution in [0.2, 0.25) is 0 Å². The van der Waals surface area contributed by atoms with Gasteiger partial charge in [0.25, 0.3) is 0 Å². The molecule has 1 N–H and O–H groups in total. The molecule has 0 atom stereocenters. The van der Waals surface area contributed by atoms with Gasteiger partial charge in [-0.05, 0) is 75.6 Å². The zero-order valence-corrected chi connectivity index (χ0v) is 22.3. The Hall–Kier alpha value is -3.91. The van der Waals surface area contributed by atoms with Crippen LogP contribution in [0.3, 0.4) is 0 Å². The second-order valence-corrected chi connectivity index (χ2v) is 8.30. The standard InChI is InChI=1S/C28H28BrNO6/c1-32-21-10-8-20(9-11-21)24(31)12-13-30-23-15-18(14-22(29)27(23)35-4)6-7-19-16-25(33-2)28(36-5)26(17-19)34-3/h6-17,30H,1-5H3. The SMILES string of the molecule is COc1ccc(C(=O)C=CNc2cc(C=Cc3cc(OC)c(OC)c(OC)c3)cc(Br)c2OC)cc1. The topological polar surface area (TPSA) is 75.3 Å². The fraction of sp³-hybridized carbons (Fsp3) is 0.179. The van der Waals surface area contributed by atoms with Crippen molar-refractivity contribution in [3.63, 3.8) is 0 Å². The van der Waals surface area contributed by atoms with Crippen LogP contribution in [0.1, 0.15) is 21.5 Å². The lowest BCUT2D eigenvalue weighted by molar-refractivity contribution is 0.104. The highest BCUT2D eigenvalue weighted by molar-refractivity contribution is 9.10. The Labute approximate surface area is 219 Å². The molecule has 3 aromatic carbocycles. The van der Waals surface area contributed by atoms with Gasteiger partial charge in [-0.15, -0.1) is 0 Å². The van der Waals surface area contributed by atoms with Crippen LogP contribution in [0.25, 0.3) is 12.2 Å². The lowest BCUT2D eigenvalue weighted by Gasteiger charge is -2.13. The van der Waals surface area contributed by atoms with Crippen LogP contribution >= 0.6 is 15.9 Å². The lowest BCUT2D eigenvalue weighted by atomic mass is 10.1. The summed E-state index contributed by atoms with van der Waals surface area (Å²) >= 11 is 3.56. The molecule has 0 bridgehead atoms. The van der Waals surface area contributed by atoms with E-state index in [9.17, 15) is 4.79 Å². The average molecular weight is 554 g/mol. The van der Waals surface area contributed by atoms with Crippen LogP contribution in [-0.4, -0.2) is 41.3 Å². The van der Waals surface area contributed by atoms with Gasteiger partial charge in [0.15, 0.2) is 23.0 Å². The van der Waals surface area contributed by atoms with E-state index >= 15 is 0 Å². The van der Waals surface area contributed by atoms with Crippen molar-refractivity contribution < 1.29 is 28.5 Å². The number of rotatable bonds is 11. The Morgan fingerprint density at radius 1 is 0.750 bits per heavy atom. The molecule has 0 heterocycles. The molecule has 0 aliphatic heterocycles. The van der Waals surface area contributed by atoms with E-state index in [-0.39, 0.29) is 5.78 Å². The van der Waals surface area contributed by atoms with Crippen molar-refractivity contribution in [2.45, 2.75) is 0 Å². The monoisotopic (exact) mass is 553 g/mol. The lowest BCUT2D eigenvalue weighted by Crippen LogP contribution is -1.98. The third-order valence-corrected chi connectivity index (χ3v) is 5.86. The van der Waals surface area contributed by atoms with Gasteiger partial charge in [-0.1, -0.05) is 12.2 Å². The number of anilines is 1. The van der Waals surface area contributed by atoms with Crippen LogP contribution in [0.5, 0.6) is 28.7 Å². The first kappa shape index (κ1) is 26.7. The van der Waals surface area contributed by atoms with Crippen molar-refractivity contribution in [1.82, 2.24) is 0 Å². The van der Waals surface area contributed by atoms with Gasteiger partial charge in [0, 0.05) is 17.8 Å². The highest BCUT2D eigenvalue weighted by atomic mass is 79.9. The predicted molar refractivity (Wildman–Crippen MR) is 146 cm³/mol. The number of carbonyl (C=O) groups is 1. The maximum Gasteiger partial charge on any atom is 0.203 e. The number of hydrogen-bond acceptors (Lipinski definition) is 7. The van der Waals surface area contributed by atoms with Crippen LogP contribution in [0, 0.1) is 0 Å². The van der Waals surface area contributed by atoms with Gasteiger partial charge in [-0.3, -0.25) is 4.79 Å². The van der Waals surface area contributed by atoms with Gasteiger partial charge < -0.3 is 29.0 Å². The molecule has 0 saturated heterocycles. The molecular weight excluding hydrogens is 526 g/mol. The first-order valence-corrected chi connectivity index (χ1v) is 11.7. The maximum absolute atomic E-state index is 12.5. The van der Waals surface area contributed by atoms with E-state index in [0.29, 0.717) is 40.0 Å². The molecule has 0 radical (unpaired) electrons. The molecule has 36 heavy (non-hydrogen) atoms. The molecule has 3 rings (SSSR count). The summed E-state index contributed by atoms with van der Waals surface area (Å²) in [6.45, 7) is 0. The van der Waals surface area contributed by atoms with Gasteiger partial charge in [0.1, 0.15) is 5.75 Å². The summed E-state index contributed by atoms with van der Waals surface area (Å²) in [5.41, 5.74) is 3.02. The summed E-state index contributed by atoms with van der Waals surface area (Å²) in [5, 5.41) is 3.15. The molecule has 0 aliphatic rings. The van der Waals surface area contributed by atoms with E-state index in [1.54, 1.807) is 66.0 Å². The fourth-order valence-corrected chi connectivity index (χ4v) is 4.11. The molecule has 0 unspecified atom stereocenters. The van der Waals surface area contributed by atoms with Crippen LogP contribution in [0.15, 0.2) is 65.3 Å². The Kier molecular flexibility index (Phi) is 9.41. The Morgan fingerprint density at radius 3 is 1.86 bits per heavy atom. The van der Waals surface area contributed by atoms with E-state index in [0.717, 1.165) is 15.6 Å². The quantitative estimate of drug-likeness (QED) is 0.165. The third kappa shape index (κ3) is 6.40. The van der Waals surface area contributed by atoms with E-state index in [4.69, 9.17) is 23.7 Å². The number of benzene rings is 3. The van der Waals surface area contributed by atoms with Crippen molar-refractivity contribution in [2.24, 2.45) is 0 Å². The minimum atomic E-state index is -0.137. The average Bonchev–Trinajstić information content (AvgIpc) is 2.91. The number of allylic oxidation sites excluding steroid dienone is 1. The number of nitrogens with one attached hydrogen (secondary N) is 1. The van der Waals surface area contributed by atoms with Gasteiger partial charge in [-0.25, -0.2) is 0 Å². The summed E-state index contributed by atoms with van der Waals surface area (Å²) in [6, 6.07) is 14.5. The summed E-state index contributed by atoms with van der Waals surface area (Å²) < 4.78 is 27.7. The van der Waals surface area contributed by atoms with E-state index in [2.05, 4.69) is 21.2 Å². The molecule has 8 heteroatoms. The Balaban J connectivity index is 1.83. The minimum Gasteiger partial charge on any atom is -0.497 e. The summed E-state index contributed by atoms with van der Waals surface area (Å²) in [5.74, 6) is 2.84. The molecule has 0 aromatic heterocycles. The molecule has 0 spiro atoms. The van der Waals surface area contributed by atoms with Crippen LogP contribution in [-0.2, 0) is 0 Å². The second kappa shape index (κ2) is 12.7. The molecule has 0 saturated carbocycles. The molecular formula is C28H28BrNO6. The smallest absolute Gasteiger partial charge is 0.203 e. The van der Waals surface area contributed by atoms with E-state index < -0.39 is 0 Å². The summed E-state index contributed by atoms with van der Waals surface area (Å²) in [6.07, 6.45) is 6.94. The Morgan fingerprint density at radius 2 is 1.33 bits per heavy atom. The summed E-state index contributed by atoms with van der Waals surface area (Å²) in [4.78, 5) is 12.5. The number of methoxy groups -OCH3 is 5. The van der Waals surface area contributed by atoms with E-state index in [1.807, 2.05) is 36.4 Å². The Bertz CT molecular complexity index is 1240. The third-order valence-electron chi connectivity index (χ3n) is 5.27. The predicted octanol–water partition coefficient (Wildman–Crippen LogP) is 6.47. The van der Waals surface area contributed by atoms with Crippen LogP contribution in [0.4, 0.5) is 5.69 Å². The fourth-order valence-electron chi connectivity index (χ4n) is 3.47. The second-order valence-electron chi connectivity index (χ2n) is 7.45. The number of hydrogen-bond donors (Lipinski definition) is 1. The maximum atomic E-state index is 12.5. The van der Waals surface area contributed by atoms with Gasteiger partial charge in [0.2, 0.25) is 5.75 Å². The summed E-state index contributed by atoms with van der Waals surface area (Å²) in [7, 11) is 7.90. The van der Waals surface area contributed by atoms with Gasteiger partial charge in [-0.2, -0.15) is 0 Å². The minimum absolute atomic E-state index is 0.137. The zero-order valence-electron chi connectivity index (χ0n) is 20.8. The van der Waals surface area contributed by atoms with Gasteiger partial charge >= 0.3 is 0 Å². The van der Waals surface area contributed by atoms with Crippen LogP contribution < -0.4 is 29.0 Å². The highest BCUT2D eigenvalue weighted by Crippen LogP contribution is 2.39. The molecule has 3 aromatic rings. The molecule has 0 fully saturated rings. The number of carbonyl (C=O) groups excluding carboxylic acids is 1. The first-order valence-electron chi connectivity index (χ1n) is 10.9. The normalized spacial score (nSPS) is 10.9. The van der Waals surface area contributed by atoms with Crippen molar-refractivity contribution in [2.75, 3.05) is 40.9 Å². The molecule has 188 valence electrons. The van der Waals surface area contributed by atoms with Crippen molar-refractivity contribution in [3.8, 4) is 28.7 Å². The van der Waals surface area contributed by atoms with Crippen molar-refractivity contribution in [1.29, 1.82) is 0 Å². The number of halogens is 1. The first-order chi connectivity index (χ1) is 17.4. The van der Waals surface area contributed by atoms with Gasteiger partial charge in [0.05, 0.1) is 45.7 Å². The molecule has 7 nitrogen and oxygen atoms in total. The molecule has 0 amide bonds.